The van der Waals surface area contributed by atoms with Gasteiger partial charge in [-0.15, -0.1) is 0 Å². The largest absolute Gasteiger partial charge is 0.481 e. The van der Waals surface area contributed by atoms with E-state index in [0.717, 1.165) is 90.8 Å². The van der Waals surface area contributed by atoms with Gasteiger partial charge < -0.3 is 41.5 Å². The number of epoxide rings is 1. The van der Waals surface area contributed by atoms with E-state index < -0.39 is 23.9 Å². The molecule has 14 nitrogen and oxygen atoms in total. The molecule has 8 N–H and O–H groups in total. The van der Waals surface area contributed by atoms with Gasteiger partial charge in [0.1, 0.15) is 0 Å². The number of hydrogen-bond acceptors (Lipinski definition) is 10. The Morgan fingerprint density at radius 1 is 0.674 bits per heavy atom. The summed E-state index contributed by atoms with van der Waals surface area (Å²) in [5, 5.41) is 42.7. The van der Waals surface area contributed by atoms with E-state index in [9.17, 15) is 19.2 Å². The Morgan fingerprint density at radius 2 is 1.13 bits per heavy atom. The van der Waals surface area contributed by atoms with Gasteiger partial charge in [0.05, 0.1) is 25.6 Å². The van der Waals surface area contributed by atoms with E-state index in [0.29, 0.717) is 50.4 Å². The molecule has 3 heterocycles. The lowest BCUT2D eigenvalue weighted by atomic mass is 9.81. The molecule has 3 fully saturated rings. The van der Waals surface area contributed by atoms with Crippen LogP contribution in [0.3, 0.4) is 0 Å². The molecule has 0 aromatic heterocycles. The van der Waals surface area contributed by atoms with Gasteiger partial charge in [-0.2, -0.15) is 0 Å². The molecule has 266 valence electrons. The molecule has 14 heteroatoms. The predicted molar refractivity (Wildman–Crippen MR) is 173 cm³/mol. The third-order valence-corrected chi connectivity index (χ3v) is 9.30. The smallest absolute Gasteiger partial charge is 0.304 e. The number of rotatable bonds is 23. The number of aliphatic carboxylic acids is 4. The van der Waals surface area contributed by atoms with Crippen molar-refractivity contribution < 1.29 is 44.3 Å². The van der Waals surface area contributed by atoms with Crippen molar-refractivity contribution >= 4 is 23.9 Å². The Balaban J connectivity index is 0.000000562. The van der Waals surface area contributed by atoms with Gasteiger partial charge in [-0.05, 0) is 63.5 Å². The summed E-state index contributed by atoms with van der Waals surface area (Å²) in [7, 11) is 0. The summed E-state index contributed by atoms with van der Waals surface area (Å²) in [4.78, 5) is 48.4. The molecule has 0 spiro atoms. The van der Waals surface area contributed by atoms with Crippen LogP contribution in [0.25, 0.3) is 0 Å². The molecule has 3 aliphatic heterocycles. The number of hydrogen-bond donors (Lipinski definition) is 7. The number of nitrogens with one attached hydrogen (secondary N) is 2. The van der Waals surface area contributed by atoms with Crippen molar-refractivity contribution in [1.82, 2.24) is 20.4 Å². The lowest BCUT2D eigenvalue weighted by Gasteiger charge is -2.40. The summed E-state index contributed by atoms with van der Waals surface area (Å²) in [5.41, 5.74) is 5.30. The molecule has 5 unspecified atom stereocenters. The number of ether oxygens (including phenoxy) is 1. The Kier molecular flexibility index (Phi) is 19.9. The van der Waals surface area contributed by atoms with Crippen LogP contribution in [0.5, 0.6) is 0 Å². The summed E-state index contributed by atoms with van der Waals surface area (Å²) in [6, 6.07) is 0.226. The van der Waals surface area contributed by atoms with Crippen LogP contribution in [0, 0.1) is 11.8 Å². The highest BCUT2D eigenvalue weighted by molar-refractivity contribution is 5.67. The second-order valence-corrected chi connectivity index (χ2v) is 12.9. The van der Waals surface area contributed by atoms with Crippen molar-refractivity contribution in [3.63, 3.8) is 0 Å². The summed E-state index contributed by atoms with van der Waals surface area (Å²) >= 11 is 0. The molecule has 3 rings (SSSR count). The average molecular weight is 658 g/mol. The van der Waals surface area contributed by atoms with Gasteiger partial charge in [0.2, 0.25) is 0 Å². The number of likely N-dealkylation sites (tertiary alicyclic amines) is 2. The Bertz CT molecular complexity index is 849. The minimum atomic E-state index is -0.834. The highest BCUT2D eigenvalue weighted by Gasteiger charge is 2.31. The minimum Gasteiger partial charge on any atom is -0.481 e. The van der Waals surface area contributed by atoms with Crippen molar-refractivity contribution in [2.75, 3.05) is 65.5 Å². The first kappa shape index (κ1) is 39.8. The standard InChI is InChI=1S/C25H42N2O8.C7H17N3O/c28-22(29)6-4-20-16-18(8-12-26(20)14-10-24(32)33)2-1-3-19-9-13-27(15-11-25(34)35)21(17-19)5-7-23(30)31;8-1-2-9-3-4-10-5-7-6-11-7/h18-21H,1-17H2,(H,28,29)(H,30,31)(H,32,33)(H,34,35);7,9-10H,1-6,8H2. The van der Waals surface area contributed by atoms with Crippen LogP contribution in [0.1, 0.15) is 83.5 Å². The third kappa shape index (κ3) is 18.7. The van der Waals surface area contributed by atoms with Crippen molar-refractivity contribution in [2.45, 2.75) is 102 Å². The second kappa shape index (κ2) is 23.0. The Labute approximate surface area is 273 Å². The number of carboxylic acids is 4. The van der Waals surface area contributed by atoms with Crippen molar-refractivity contribution in [3.8, 4) is 0 Å². The van der Waals surface area contributed by atoms with Gasteiger partial charge in [0, 0.05) is 70.7 Å². The fourth-order valence-corrected chi connectivity index (χ4v) is 6.69. The number of carboxylic acid groups (broad SMARTS) is 4. The fourth-order valence-electron chi connectivity index (χ4n) is 6.69. The van der Waals surface area contributed by atoms with Crippen LogP contribution in [0.2, 0.25) is 0 Å². The number of carbonyl (C=O) groups is 4. The monoisotopic (exact) mass is 657 g/mol. The molecule has 3 aliphatic rings. The van der Waals surface area contributed by atoms with Gasteiger partial charge in [-0.3, -0.25) is 29.0 Å². The number of nitrogens with zero attached hydrogens (tertiary/aromatic N) is 2. The lowest BCUT2D eigenvalue weighted by Crippen LogP contribution is -2.44. The molecule has 0 radical (unpaired) electrons. The summed E-state index contributed by atoms with van der Waals surface area (Å²) in [6.45, 7) is 8.07. The number of piperidine rings is 2. The van der Waals surface area contributed by atoms with Crippen LogP contribution in [0.15, 0.2) is 0 Å². The maximum absolute atomic E-state index is 11.1. The molecular weight excluding hydrogens is 598 g/mol. The van der Waals surface area contributed by atoms with Crippen LogP contribution < -0.4 is 16.4 Å². The van der Waals surface area contributed by atoms with E-state index in [1.54, 1.807) is 0 Å². The van der Waals surface area contributed by atoms with Crippen LogP contribution in [-0.4, -0.2) is 138 Å². The van der Waals surface area contributed by atoms with Crippen LogP contribution in [-0.2, 0) is 23.9 Å². The SMILES string of the molecule is NCCNCCNCC1CO1.O=C(O)CCC1CC(CCCC2CCN(CCC(=O)O)C(CCC(=O)O)C2)CCN1CCC(=O)O. The highest BCUT2D eigenvalue weighted by atomic mass is 16.6. The molecule has 0 aromatic rings. The van der Waals surface area contributed by atoms with Crippen LogP contribution >= 0.6 is 0 Å². The predicted octanol–water partition coefficient (Wildman–Crippen LogP) is 1.52. The maximum Gasteiger partial charge on any atom is 0.304 e. The molecule has 0 aliphatic carbocycles. The van der Waals surface area contributed by atoms with Gasteiger partial charge in [-0.1, -0.05) is 19.3 Å². The van der Waals surface area contributed by atoms with Gasteiger partial charge in [0.15, 0.2) is 0 Å². The molecule has 46 heavy (non-hydrogen) atoms. The van der Waals surface area contributed by atoms with E-state index in [-0.39, 0.29) is 37.8 Å². The second-order valence-electron chi connectivity index (χ2n) is 12.9. The Hall–Kier alpha value is -2.36. The fraction of sp³-hybridized carbons (Fsp3) is 0.875. The van der Waals surface area contributed by atoms with Crippen molar-refractivity contribution in [1.29, 1.82) is 0 Å². The summed E-state index contributed by atoms with van der Waals surface area (Å²) < 4.78 is 5.03. The third-order valence-electron chi connectivity index (χ3n) is 9.30. The Morgan fingerprint density at radius 3 is 1.54 bits per heavy atom. The first-order chi connectivity index (χ1) is 22.1. The molecule has 3 saturated heterocycles. The van der Waals surface area contributed by atoms with Crippen molar-refractivity contribution in [2.24, 2.45) is 17.6 Å². The first-order valence-corrected chi connectivity index (χ1v) is 17.2. The topological polar surface area (TPSA) is 218 Å². The zero-order chi connectivity index (χ0) is 33.7. The number of nitrogens with two attached hydrogens (primary N) is 1. The summed E-state index contributed by atoms with van der Waals surface area (Å²) in [5.74, 6) is -2.30. The average Bonchev–Trinajstić information content (AvgIpc) is 3.84. The molecule has 0 saturated carbocycles. The molecular formula is C32H59N5O9. The van der Waals surface area contributed by atoms with E-state index in [2.05, 4.69) is 20.4 Å². The molecule has 0 bridgehead atoms. The van der Waals surface area contributed by atoms with E-state index in [1.807, 2.05) is 0 Å². The van der Waals surface area contributed by atoms with E-state index in [4.69, 9.17) is 30.9 Å². The van der Waals surface area contributed by atoms with Crippen LogP contribution in [0.4, 0.5) is 0 Å². The van der Waals surface area contributed by atoms with Gasteiger partial charge >= 0.3 is 23.9 Å². The zero-order valence-corrected chi connectivity index (χ0v) is 27.5. The van der Waals surface area contributed by atoms with Gasteiger partial charge in [-0.25, -0.2) is 0 Å². The normalized spacial score (nSPS) is 24.9. The maximum atomic E-state index is 11.1. The highest BCUT2D eigenvalue weighted by Crippen LogP contribution is 2.33. The molecule has 0 aromatic carbocycles. The summed E-state index contributed by atoms with van der Waals surface area (Å²) in [6.07, 6.45) is 8.92. The minimum absolute atomic E-state index is 0.0719. The van der Waals surface area contributed by atoms with Gasteiger partial charge in [0.25, 0.3) is 0 Å². The first-order valence-electron chi connectivity index (χ1n) is 17.2. The zero-order valence-electron chi connectivity index (χ0n) is 27.5. The molecule has 0 amide bonds. The lowest BCUT2D eigenvalue weighted by molar-refractivity contribution is -0.139. The quantitative estimate of drug-likeness (QED) is 0.0612. The molecule has 5 atom stereocenters. The van der Waals surface area contributed by atoms with E-state index >= 15 is 0 Å². The van der Waals surface area contributed by atoms with Crippen molar-refractivity contribution in [3.05, 3.63) is 0 Å². The van der Waals surface area contributed by atoms with E-state index in [1.165, 1.54) is 0 Å².